The molecule has 0 spiro atoms. The van der Waals surface area contributed by atoms with E-state index in [9.17, 15) is 5.11 Å². The van der Waals surface area contributed by atoms with Gasteiger partial charge >= 0.3 is 0 Å². The van der Waals surface area contributed by atoms with Crippen LogP contribution in [0.5, 0.6) is 5.75 Å². The van der Waals surface area contributed by atoms with Gasteiger partial charge < -0.3 is 14.7 Å². The highest BCUT2D eigenvalue weighted by Gasteiger charge is 2.45. The number of benzene rings is 1. The Morgan fingerprint density at radius 3 is 2.45 bits per heavy atom. The minimum absolute atomic E-state index is 0.287. The standard InChI is InChI=1S/C17H27NO2/c1-13-6-5-7-15(12-18(2)3)17(13,19)14-8-10-16(20-4)11-9-14/h8-11,13,15,19H,5-7,12H2,1-4H3. The van der Waals surface area contributed by atoms with Crippen molar-refractivity contribution in [1.82, 2.24) is 4.90 Å². The van der Waals surface area contributed by atoms with Crippen LogP contribution >= 0.6 is 0 Å². The van der Waals surface area contributed by atoms with E-state index in [1.807, 2.05) is 24.3 Å². The van der Waals surface area contributed by atoms with Gasteiger partial charge in [-0.3, -0.25) is 0 Å². The summed E-state index contributed by atoms with van der Waals surface area (Å²) in [6.45, 7) is 3.10. The monoisotopic (exact) mass is 277 g/mol. The number of ether oxygens (including phenoxy) is 1. The molecule has 1 fully saturated rings. The van der Waals surface area contributed by atoms with Crippen LogP contribution in [0, 0.1) is 11.8 Å². The molecule has 1 saturated carbocycles. The maximum absolute atomic E-state index is 11.4. The van der Waals surface area contributed by atoms with E-state index in [2.05, 4.69) is 25.9 Å². The topological polar surface area (TPSA) is 32.7 Å². The SMILES string of the molecule is COc1ccc(C2(O)C(C)CCCC2CN(C)C)cc1. The molecule has 1 aromatic carbocycles. The second-order valence-electron chi connectivity index (χ2n) is 6.34. The summed E-state index contributed by atoms with van der Waals surface area (Å²) in [6, 6.07) is 7.93. The van der Waals surface area contributed by atoms with Crippen molar-refractivity contribution in [3.05, 3.63) is 29.8 Å². The third-order valence-corrected chi connectivity index (χ3v) is 4.70. The third kappa shape index (κ3) is 2.84. The van der Waals surface area contributed by atoms with Gasteiger partial charge in [0.05, 0.1) is 12.7 Å². The number of methoxy groups -OCH3 is 1. The van der Waals surface area contributed by atoms with E-state index < -0.39 is 5.60 Å². The van der Waals surface area contributed by atoms with Gasteiger partial charge in [-0.2, -0.15) is 0 Å². The first-order chi connectivity index (χ1) is 9.48. The van der Waals surface area contributed by atoms with Gasteiger partial charge in [0, 0.05) is 12.5 Å². The Morgan fingerprint density at radius 1 is 1.25 bits per heavy atom. The van der Waals surface area contributed by atoms with Gasteiger partial charge in [0.2, 0.25) is 0 Å². The van der Waals surface area contributed by atoms with Crippen LogP contribution in [-0.4, -0.2) is 37.8 Å². The molecule has 1 N–H and O–H groups in total. The molecule has 3 heteroatoms. The number of nitrogens with zero attached hydrogens (tertiary/aromatic N) is 1. The smallest absolute Gasteiger partial charge is 0.118 e. The minimum Gasteiger partial charge on any atom is -0.497 e. The van der Waals surface area contributed by atoms with E-state index in [0.29, 0.717) is 0 Å². The molecular formula is C17H27NO2. The number of aliphatic hydroxyl groups is 1. The fraction of sp³-hybridized carbons (Fsp3) is 0.647. The van der Waals surface area contributed by atoms with Crippen LogP contribution in [0.15, 0.2) is 24.3 Å². The fourth-order valence-corrected chi connectivity index (χ4v) is 3.56. The number of rotatable bonds is 4. The van der Waals surface area contributed by atoms with E-state index in [0.717, 1.165) is 30.7 Å². The highest BCUT2D eigenvalue weighted by atomic mass is 16.5. The first kappa shape index (κ1) is 15.3. The molecule has 0 aromatic heterocycles. The van der Waals surface area contributed by atoms with Crippen LogP contribution in [0.3, 0.4) is 0 Å². The Balaban J connectivity index is 2.33. The molecular weight excluding hydrogens is 250 g/mol. The molecule has 2 rings (SSSR count). The van der Waals surface area contributed by atoms with Crippen molar-refractivity contribution in [3.63, 3.8) is 0 Å². The van der Waals surface area contributed by atoms with Gasteiger partial charge in [0.1, 0.15) is 5.75 Å². The zero-order chi connectivity index (χ0) is 14.8. The van der Waals surface area contributed by atoms with Gasteiger partial charge in [-0.25, -0.2) is 0 Å². The molecule has 0 bridgehead atoms. The maximum Gasteiger partial charge on any atom is 0.118 e. The largest absolute Gasteiger partial charge is 0.497 e. The van der Waals surface area contributed by atoms with E-state index in [1.165, 1.54) is 6.42 Å². The molecule has 3 atom stereocenters. The summed E-state index contributed by atoms with van der Waals surface area (Å²) in [5.41, 5.74) is 0.298. The number of hydrogen-bond acceptors (Lipinski definition) is 3. The summed E-state index contributed by atoms with van der Waals surface area (Å²) in [5.74, 6) is 1.41. The predicted octanol–water partition coefficient (Wildman–Crippen LogP) is 2.88. The summed E-state index contributed by atoms with van der Waals surface area (Å²) in [7, 11) is 5.82. The van der Waals surface area contributed by atoms with Crippen LogP contribution in [0.1, 0.15) is 31.7 Å². The van der Waals surface area contributed by atoms with Gasteiger partial charge in [-0.05, 0) is 50.6 Å². The van der Waals surface area contributed by atoms with Crippen LogP contribution in [0.4, 0.5) is 0 Å². The Labute approximate surface area is 122 Å². The second-order valence-corrected chi connectivity index (χ2v) is 6.34. The molecule has 20 heavy (non-hydrogen) atoms. The number of hydrogen-bond donors (Lipinski definition) is 1. The Morgan fingerprint density at radius 2 is 1.90 bits per heavy atom. The first-order valence-corrected chi connectivity index (χ1v) is 7.50. The molecule has 0 amide bonds. The van der Waals surface area contributed by atoms with E-state index >= 15 is 0 Å². The third-order valence-electron chi connectivity index (χ3n) is 4.70. The zero-order valence-electron chi connectivity index (χ0n) is 13.1. The van der Waals surface area contributed by atoms with E-state index in [-0.39, 0.29) is 11.8 Å². The van der Waals surface area contributed by atoms with Crippen LogP contribution in [0.2, 0.25) is 0 Å². The lowest BCUT2D eigenvalue weighted by atomic mass is 9.65. The predicted molar refractivity (Wildman–Crippen MR) is 81.9 cm³/mol. The van der Waals surface area contributed by atoms with Crippen molar-refractivity contribution >= 4 is 0 Å². The molecule has 3 nitrogen and oxygen atoms in total. The Hall–Kier alpha value is -1.06. The average Bonchev–Trinajstić information content (AvgIpc) is 2.43. The van der Waals surface area contributed by atoms with Crippen molar-refractivity contribution in [3.8, 4) is 5.75 Å². The maximum atomic E-state index is 11.4. The van der Waals surface area contributed by atoms with Crippen molar-refractivity contribution < 1.29 is 9.84 Å². The Kier molecular flexibility index (Phi) is 4.71. The highest BCUT2D eigenvalue weighted by molar-refractivity contribution is 5.32. The zero-order valence-corrected chi connectivity index (χ0v) is 13.1. The molecule has 112 valence electrons. The Bertz CT molecular complexity index is 429. The quantitative estimate of drug-likeness (QED) is 0.918. The van der Waals surface area contributed by atoms with Gasteiger partial charge in [-0.1, -0.05) is 25.5 Å². The van der Waals surface area contributed by atoms with Gasteiger partial charge in [0.25, 0.3) is 0 Å². The second kappa shape index (κ2) is 6.15. The molecule has 1 aliphatic rings. The molecule has 1 aromatic rings. The minimum atomic E-state index is -0.727. The molecule has 3 unspecified atom stereocenters. The summed E-state index contributed by atoms with van der Waals surface area (Å²) < 4.78 is 5.22. The van der Waals surface area contributed by atoms with E-state index in [1.54, 1.807) is 7.11 Å². The fourth-order valence-electron chi connectivity index (χ4n) is 3.56. The van der Waals surface area contributed by atoms with Gasteiger partial charge in [0.15, 0.2) is 0 Å². The highest BCUT2D eigenvalue weighted by Crippen LogP contribution is 2.46. The molecule has 0 heterocycles. The van der Waals surface area contributed by atoms with Crippen molar-refractivity contribution in [2.24, 2.45) is 11.8 Å². The molecule has 0 saturated heterocycles. The first-order valence-electron chi connectivity index (χ1n) is 7.50. The van der Waals surface area contributed by atoms with Crippen LogP contribution in [-0.2, 0) is 5.60 Å². The molecule has 1 aliphatic carbocycles. The normalized spacial score (nSPS) is 30.5. The lowest BCUT2D eigenvalue weighted by Crippen LogP contribution is -2.47. The van der Waals surface area contributed by atoms with Crippen molar-refractivity contribution in [2.45, 2.75) is 31.8 Å². The lowest BCUT2D eigenvalue weighted by Gasteiger charge is -2.46. The molecule has 0 aliphatic heterocycles. The van der Waals surface area contributed by atoms with Crippen molar-refractivity contribution in [2.75, 3.05) is 27.7 Å². The molecule has 0 radical (unpaired) electrons. The summed E-state index contributed by atoms with van der Waals surface area (Å²) in [5, 5.41) is 11.4. The van der Waals surface area contributed by atoms with Crippen LogP contribution in [0.25, 0.3) is 0 Å². The lowest BCUT2D eigenvalue weighted by molar-refractivity contribution is -0.101. The van der Waals surface area contributed by atoms with E-state index in [4.69, 9.17) is 4.74 Å². The van der Waals surface area contributed by atoms with Crippen LogP contribution < -0.4 is 4.74 Å². The van der Waals surface area contributed by atoms with Crippen molar-refractivity contribution in [1.29, 1.82) is 0 Å². The summed E-state index contributed by atoms with van der Waals surface area (Å²) in [4.78, 5) is 2.18. The summed E-state index contributed by atoms with van der Waals surface area (Å²) >= 11 is 0. The summed E-state index contributed by atoms with van der Waals surface area (Å²) in [6.07, 6.45) is 3.38. The van der Waals surface area contributed by atoms with Gasteiger partial charge in [-0.15, -0.1) is 0 Å². The average molecular weight is 277 g/mol.